The zero-order chi connectivity index (χ0) is 27.4. The van der Waals surface area contributed by atoms with E-state index in [4.69, 9.17) is 10.2 Å². The van der Waals surface area contributed by atoms with E-state index >= 15 is 0 Å². The van der Waals surface area contributed by atoms with Crippen molar-refractivity contribution in [1.82, 2.24) is 9.97 Å². The average Bonchev–Trinajstić information content (AvgIpc) is 2.82. The van der Waals surface area contributed by atoms with E-state index < -0.39 is 23.5 Å². The minimum absolute atomic E-state index is 0. The Balaban J connectivity index is 0.000000561. The molecule has 0 saturated carbocycles. The molecule has 1 heterocycles. The number of benzene rings is 2. The molecule has 1 aliphatic rings. The molecule has 1 aliphatic carbocycles. The van der Waals surface area contributed by atoms with E-state index in [0.29, 0.717) is 41.8 Å². The Morgan fingerprint density at radius 3 is 1.63 bits per heavy atom. The van der Waals surface area contributed by atoms with E-state index in [-0.39, 0.29) is 32.3 Å². The number of alkyl halides is 6. The van der Waals surface area contributed by atoms with Gasteiger partial charge in [0.15, 0.2) is 0 Å². The van der Waals surface area contributed by atoms with Gasteiger partial charge in [0, 0.05) is 25.8 Å². The first-order valence-corrected chi connectivity index (χ1v) is 11.8. The van der Waals surface area contributed by atoms with Crippen molar-refractivity contribution in [3.63, 3.8) is 0 Å². The Morgan fingerprint density at radius 1 is 0.763 bits per heavy atom. The second-order valence-corrected chi connectivity index (χ2v) is 9.02. The number of halogens is 6. The number of aliphatic hydroxyl groups is 2. The summed E-state index contributed by atoms with van der Waals surface area (Å²) in [4.78, 5) is 9.26. The zero-order valence-corrected chi connectivity index (χ0v) is 23.0. The van der Waals surface area contributed by atoms with Gasteiger partial charge in [-0.1, -0.05) is 12.1 Å². The van der Waals surface area contributed by atoms with Crippen LogP contribution in [0.25, 0.3) is 22.5 Å². The Hall–Kier alpha value is -2.33. The number of nitrogens with zero attached hydrogens (tertiary/aromatic N) is 2. The van der Waals surface area contributed by atoms with Crippen molar-refractivity contribution in [2.75, 3.05) is 0 Å². The summed E-state index contributed by atoms with van der Waals surface area (Å²) < 4.78 is 77.4. The Kier molecular flexibility index (Phi) is 11.0. The minimum Gasteiger partial charge on any atom is -0.393 e. The van der Waals surface area contributed by atoms with Gasteiger partial charge in [-0.2, -0.15) is 26.3 Å². The summed E-state index contributed by atoms with van der Waals surface area (Å²) in [7, 11) is 0. The molecule has 0 bridgehead atoms. The van der Waals surface area contributed by atoms with E-state index in [2.05, 4.69) is 16.0 Å². The molecular weight excluding hydrogens is 691 g/mol. The van der Waals surface area contributed by atoms with Crippen LogP contribution in [-0.2, 0) is 45.3 Å². The van der Waals surface area contributed by atoms with Gasteiger partial charge in [0.1, 0.15) is 0 Å². The molecule has 0 fully saturated rings. The number of aryl methyl sites for hydroxylation is 2. The molecule has 0 amide bonds. The van der Waals surface area contributed by atoms with Crippen molar-refractivity contribution >= 4 is 0 Å². The normalized spacial score (nSPS) is 14.9. The van der Waals surface area contributed by atoms with Crippen molar-refractivity contribution in [3.8, 4) is 22.5 Å². The van der Waals surface area contributed by atoms with E-state index in [0.717, 1.165) is 48.5 Å². The first-order valence-electron chi connectivity index (χ1n) is 11.8. The summed E-state index contributed by atoms with van der Waals surface area (Å²) in [6.07, 6.45) is -5.98. The fraction of sp³-hybridized carbons (Fsp3) is 0.407. The number of aromatic nitrogens is 2. The predicted octanol–water partition coefficient (Wildman–Crippen LogP) is 6.66. The van der Waals surface area contributed by atoms with Crippen molar-refractivity contribution in [2.45, 2.75) is 70.5 Å². The number of aliphatic hydroxyl groups excluding tert-OH is 2. The molecule has 2 unspecified atom stereocenters. The third kappa shape index (κ3) is 8.59. The van der Waals surface area contributed by atoms with Crippen molar-refractivity contribution in [1.29, 1.82) is 0 Å². The average molecular weight is 718 g/mol. The van der Waals surface area contributed by atoms with Crippen LogP contribution in [0, 0.1) is 6.07 Å². The summed E-state index contributed by atoms with van der Waals surface area (Å²) in [6, 6.07) is 10.2. The quantitative estimate of drug-likeness (QED) is 0.234. The summed E-state index contributed by atoms with van der Waals surface area (Å²) in [5, 5.41) is 17.1. The summed E-state index contributed by atoms with van der Waals surface area (Å²) in [6.45, 7) is 3.32. The van der Waals surface area contributed by atoms with Crippen molar-refractivity contribution in [2.24, 2.45) is 0 Å². The summed E-state index contributed by atoms with van der Waals surface area (Å²) >= 11 is 0. The van der Waals surface area contributed by atoms with E-state index in [1.807, 2.05) is 0 Å². The van der Waals surface area contributed by atoms with Gasteiger partial charge in [-0.05, 0) is 69.2 Å². The smallest absolute Gasteiger partial charge is 0.393 e. The van der Waals surface area contributed by atoms with Gasteiger partial charge in [-0.25, -0.2) is 0 Å². The molecule has 0 spiro atoms. The fourth-order valence-corrected chi connectivity index (χ4v) is 3.94. The molecule has 0 aliphatic heterocycles. The second kappa shape index (κ2) is 13.2. The SMILES string of the molecule is CC(O)CC(C)O.FC(F)(F)c1c[c-]c(-c2nc3c(nc2-c2ccc(C(F)(F)F)cc2)CCCC3)cc1.[Ir]. The van der Waals surface area contributed by atoms with Crippen LogP contribution in [0.15, 0.2) is 42.5 Å². The van der Waals surface area contributed by atoms with Crippen LogP contribution in [0.4, 0.5) is 26.3 Å². The molecule has 4 rings (SSSR count). The van der Waals surface area contributed by atoms with Gasteiger partial charge in [-0.3, -0.25) is 9.97 Å². The fourth-order valence-electron chi connectivity index (χ4n) is 3.94. The molecule has 0 saturated heterocycles. The van der Waals surface area contributed by atoms with Crippen LogP contribution in [0.2, 0.25) is 0 Å². The monoisotopic (exact) mass is 718 g/mol. The molecule has 2 N–H and O–H groups in total. The third-order valence-electron chi connectivity index (χ3n) is 5.69. The van der Waals surface area contributed by atoms with Gasteiger partial charge in [-0.15, -0.1) is 29.8 Å². The van der Waals surface area contributed by atoms with Crippen LogP contribution in [0.5, 0.6) is 0 Å². The van der Waals surface area contributed by atoms with Gasteiger partial charge in [0.2, 0.25) is 0 Å². The molecule has 2 aromatic carbocycles. The maximum Gasteiger partial charge on any atom is 0.416 e. The summed E-state index contributed by atoms with van der Waals surface area (Å²) in [5.41, 5.74) is 1.26. The third-order valence-corrected chi connectivity index (χ3v) is 5.69. The zero-order valence-electron chi connectivity index (χ0n) is 20.6. The largest absolute Gasteiger partial charge is 0.416 e. The van der Waals surface area contributed by atoms with E-state index in [9.17, 15) is 26.3 Å². The van der Waals surface area contributed by atoms with Crippen LogP contribution in [0.1, 0.15) is 55.6 Å². The number of hydrogen-bond acceptors (Lipinski definition) is 4. The second-order valence-electron chi connectivity index (χ2n) is 9.02. The van der Waals surface area contributed by atoms with E-state index in [1.165, 1.54) is 18.2 Å². The maximum absolute atomic E-state index is 12.9. The molecule has 4 nitrogen and oxygen atoms in total. The Labute approximate surface area is 230 Å². The topological polar surface area (TPSA) is 66.2 Å². The minimum atomic E-state index is -4.49. The first-order chi connectivity index (χ1) is 17.3. The number of fused-ring (bicyclic) bond motifs is 1. The molecular formula is C27H27F6IrN2O2-. The van der Waals surface area contributed by atoms with Gasteiger partial charge in [0.25, 0.3) is 0 Å². The molecule has 38 heavy (non-hydrogen) atoms. The van der Waals surface area contributed by atoms with Gasteiger partial charge < -0.3 is 10.2 Å². The number of hydrogen-bond donors (Lipinski definition) is 2. The number of rotatable bonds is 4. The molecule has 1 aromatic heterocycles. The van der Waals surface area contributed by atoms with Crippen LogP contribution in [0.3, 0.4) is 0 Å². The Bertz CT molecular complexity index is 1090. The molecule has 3 aromatic rings. The molecule has 1 radical (unpaired) electrons. The first kappa shape index (κ1) is 31.9. The standard InChI is InChI=1S/C22H15F6N2.C5H12O2.Ir/c23-21(24,25)15-9-5-13(6-10-15)19-20(30-18-4-2-1-3-17(18)29-19)14-7-11-16(12-8-14)22(26,27)28;1-4(6)3-5(2)7;/h5-7,9-12H,1-4H2;4-7H,3H2,1-2H3;/q-1;;. The van der Waals surface area contributed by atoms with Gasteiger partial charge in [0.05, 0.1) is 34.9 Å². The van der Waals surface area contributed by atoms with E-state index in [1.54, 1.807) is 13.8 Å². The Morgan fingerprint density at radius 2 is 1.24 bits per heavy atom. The van der Waals surface area contributed by atoms with Crippen LogP contribution in [-0.4, -0.2) is 32.4 Å². The summed E-state index contributed by atoms with van der Waals surface area (Å²) in [5.74, 6) is 0. The molecule has 209 valence electrons. The van der Waals surface area contributed by atoms with Gasteiger partial charge >= 0.3 is 12.4 Å². The maximum atomic E-state index is 12.9. The van der Waals surface area contributed by atoms with Crippen molar-refractivity contribution < 1.29 is 56.7 Å². The predicted molar refractivity (Wildman–Crippen MR) is 126 cm³/mol. The van der Waals surface area contributed by atoms with Crippen LogP contribution >= 0.6 is 0 Å². The van der Waals surface area contributed by atoms with Crippen LogP contribution < -0.4 is 0 Å². The van der Waals surface area contributed by atoms with Crippen molar-refractivity contribution in [3.05, 3.63) is 71.0 Å². The molecule has 2 atom stereocenters. The molecule has 11 heteroatoms.